The van der Waals surface area contributed by atoms with E-state index >= 15 is 0 Å². The van der Waals surface area contributed by atoms with Crippen molar-refractivity contribution in [3.05, 3.63) is 40.3 Å². The molecule has 90 valence electrons. The Morgan fingerprint density at radius 1 is 1.39 bits per heavy atom. The largest absolute Gasteiger partial charge is 0.325 e. The second-order valence-corrected chi connectivity index (χ2v) is 5.12. The molecule has 18 heavy (non-hydrogen) atoms. The van der Waals surface area contributed by atoms with Crippen molar-refractivity contribution in [2.45, 2.75) is 13.3 Å². The van der Waals surface area contributed by atoms with Crippen molar-refractivity contribution < 1.29 is 4.79 Å². The van der Waals surface area contributed by atoms with Gasteiger partial charge in [-0.25, -0.2) is 9.97 Å². The molecule has 1 aromatic heterocycles. The average Bonchev–Trinajstić information content (AvgIpc) is 2.46. The number of fused-ring (bicyclic) bond motifs is 3. The average molecular weight is 304 g/mol. The fraction of sp³-hybridized carbons (Fsp3) is 0.154. The number of rotatable bonds is 0. The summed E-state index contributed by atoms with van der Waals surface area (Å²) < 4.78 is 0.958. The molecule has 0 spiro atoms. The topological polar surface area (TPSA) is 54.9 Å². The highest BCUT2D eigenvalue weighted by Crippen LogP contribution is 2.34. The molecule has 0 bridgehead atoms. The predicted octanol–water partition coefficient (Wildman–Crippen LogP) is 2.71. The number of nitrogens with one attached hydrogen (secondary N) is 1. The van der Waals surface area contributed by atoms with E-state index in [9.17, 15) is 4.79 Å². The summed E-state index contributed by atoms with van der Waals surface area (Å²) in [6.07, 6.45) is 2.04. The first-order chi connectivity index (χ1) is 8.63. The number of carbonyl (C=O) groups excluding carboxylic acids is 1. The summed E-state index contributed by atoms with van der Waals surface area (Å²) >= 11 is 3.45. The van der Waals surface area contributed by atoms with E-state index in [1.54, 1.807) is 6.20 Å². The van der Waals surface area contributed by atoms with Crippen LogP contribution in [0.5, 0.6) is 0 Å². The van der Waals surface area contributed by atoms with Crippen LogP contribution in [0, 0.1) is 6.92 Å². The molecule has 0 unspecified atom stereocenters. The van der Waals surface area contributed by atoms with Gasteiger partial charge in [-0.15, -0.1) is 0 Å². The van der Waals surface area contributed by atoms with Crippen molar-refractivity contribution in [3.8, 4) is 11.3 Å². The molecule has 1 aliphatic rings. The van der Waals surface area contributed by atoms with Crippen LogP contribution in [-0.4, -0.2) is 15.9 Å². The number of benzene rings is 1. The molecular formula is C13H10BrN3O. The normalized spacial score (nSPS) is 13.3. The standard InChI is InChI=1S/C13H10BrN3O/c1-7-15-6-8-4-12(18)17-11-3-2-9(14)5-10(11)13(8)16-7/h2-3,5-6H,4H2,1H3,(H,17,18). The number of aromatic nitrogens is 2. The number of carbonyl (C=O) groups is 1. The maximum Gasteiger partial charge on any atom is 0.228 e. The van der Waals surface area contributed by atoms with Gasteiger partial charge in [-0.1, -0.05) is 15.9 Å². The first kappa shape index (κ1) is 11.3. The van der Waals surface area contributed by atoms with Gasteiger partial charge >= 0.3 is 0 Å². The van der Waals surface area contributed by atoms with Crippen LogP contribution in [0.3, 0.4) is 0 Å². The summed E-state index contributed by atoms with van der Waals surface area (Å²) in [5.41, 5.74) is 3.41. The molecule has 2 aromatic rings. The highest BCUT2D eigenvalue weighted by atomic mass is 79.9. The lowest BCUT2D eigenvalue weighted by Gasteiger charge is -2.08. The summed E-state index contributed by atoms with van der Waals surface area (Å²) in [6.45, 7) is 1.85. The molecular weight excluding hydrogens is 294 g/mol. The minimum absolute atomic E-state index is 0.0372. The van der Waals surface area contributed by atoms with E-state index in [1.807, 2.05) is 25.1 Å². The van der Waals surface area contributed by atoms with Crippen LogP contribution in [-0.2, 0) is 11.2 Å². The maximum absolute atomic E-state index is 11.8. The quantitative estimate of drug-likeness (QED) is 0.814. The van der Waals surface area contributed by atoms with E-state index < -0.39 is 0 Å². The second kappa shape index (κ2) is 4.17. The van der Waals surface area contributed by atoms with Gasteiger partial charge in [0.2, 0.25) is 5.91 Å². The zero-order valence-electron chi connectivity index (χ0n) is 9.70. The Balaban J connectivity index is 2.32. The summed E-state index contributed by atoms with van der Waals surface area (Å²) in [6, 6.07) is 5.74. The number of hydrogen-bond acceptors (Lipinski definition) is 3. The van der Waals surface area contributed by atoms with Crippen LogP contribution in [0.2, 0.25) is 0 Å². The first-order valence-electron chi connectivity index (χ1n) is 5.56. The fourth-order valence-electron chi connectivity index (χ4n) is 2.05. The molecule has 5 heteroatoms. The van der Waals surface area contributed by atoms with Gasteiger partial charge in [0.25, 0.3) is 0 Å². The fourth-order valence-corrected chi connectivity index (χ4v) is 2.41. The lowest BCUT2D eigenvalue weighted by molar-refractivity contribution is -0.115. The van der Waals surface area contributed by atoms with Crippen molar-refractivity contribution >= 4 is 27.5 Å². The lowest BCUT2D eigenvalue weighted by Crippen LogP contribution is -2.12. The van der Waals surface area contributed by atoms with Crippen LogP contribution in [0.1, 0.15) is 11.4 Å². The number of anilines is 1. The zero-order chi connectivity index (χ0) is 12.7. The number of halogens is 1. The van der Waals surface area contributed by atoms with Gasteiger partial charge in [-0.3, -0.25) is 4.79 Å². The van der Waals surface area contributed by atoms with Gasteiger partial charge in [0, 0.05) is 21.8 Å². The zero-order valence-corrected chi connectivity index (χ0v) is 11.3. The van der Waals surface area contributed by atoms with Crippen LogP contribution >= 0.6 is 15.9 Å². The maximum atomic E-state index is 11.8. The molecule has 1 aromatic carbocycles. The van der Waals surface area contributed by atoms with Crippen LogP contribution in [0.25, 0.3) is 11.3 Å². The number of aryl methyl sites for hydroxylation is 1. The van der Waals surface area contributed by atoms with E-state index in [2.05, 4.69) is 31.2 Å². The van der Waals surface area contributed by atoms with E-state index in [1.165, 1.54) is 0 Å². The summed E-state index contributed by atoms with van der Waals surface area (Å²) in [4.78, 5) is 20.4. The Bertz CT molecular complexity index is 599. The highest BCUT2D eigenvalue weighted by Gasteiger charge is 2.20. The van der Waals surface area contributed by atoms with Gasteiger partial charge in [-0.2, -0.15) is 0 Å². The SMILES string of the molecule is Cc1ncc2c(n1)-c1cc(Br)ccc1NC(=O)C2. The van der Waals surface area contributed by atoms with Crippen LogP contribution in [0.15, 0.2) is 28.9 Å². The van der Waals surface area contributed by atoms with Gasteiger partial charge in [-0.05, 0) is 25.1 Å². The number of amides is 1. The molecule has 3 rings (SSSR count). The van der Waals surface area contributed by atoms with E-state index in [0.717, 1.165) is 27.0 Å². The van der Waals surface area contributed by atoms with Gasteiger partial charge in [0.15, 0.2) is 0 Å². The Labute approximate surface area is 113 Å². The van der Waals surface area contributed by atoms with Gasteiger partial charge < -0.3 is 5.32 Å². The molecule has 4 nitrogen and oxygen atoms in total. The van der Waals surface area contributed by atoms with Crippen molar-refractivity contribution in [1.82, 2.24) is 9.97 Å². The molecule has 0 fully saturated rings. The summed E-state index contributed by atoms with van der Waals surface area (Å²) in [7, 11) is 0. The molecule has 0 atom stereocenters. The van der Waals surface area contributed by atoms with Gasteiger partial charge in [0.05, 0.1) is 17.8 Å². The molecule has 0 saturated carbocycles. The van der Waals surface area contributed by atoms with E-state index in [0.29, 0.717) is 12.2 Å². The summed E-state index contributed by atoms with van der Waals surface area (Å²) in [5, 5.41) is 2.89. The monoisotopic (exact) mass is 303 g/mol. The van der Waals surface area contributed by atoms with Crippen molar-refractivity contribution in [2.75, 3.05) is 5.32 Å². The molecule has 0 aliphatic carbocycles. The third kappa shape index (κ3) is 1.90. The van der Waals surface area contributed by atoms with Gasteiger partial charge in [0.1, 0.15) is 5.82 Å². The first-order valence-corrected chi connectivity index (χ1v) is 6.35. The Kier molecular flexibility index (Phi) is 2.63. The van der Waals surface area contributed by atoms with Crippen LogP contribution in [0.4, 0.5) is 5.69 Å². The van der Waals surface area contributed by atoms with Crippen LogP contribution < -0.4 is 5.32 Å². The predicted molar refractivity (Wildman–Crippen MR) is 72.2 cm³/mol. The molecule has 2 heterocycles. The number of nitrogens with zero attached hydrogens (tertiary/aromatic N) is 2. The van der Waals surface area contributed by atoms with Crippen molar-refractivity contribution in [1.29, 1.82) is 0 Å². The minimum Gasteiger partial charge on any atom is -0.325 e. The smallest absolute Gasteiger partial charge is 0.228 e. The minimum atomic E-state index is -0.0372. The lowest BCUT2D eigenvalue weighted by atomic mass is 10.1. The second-order valence-electron chi connectivity index (χ2n) is 4.21. The highest BCUT2D eigenvalue weighted by molar-refractivity contribution is 9.10. The summed E-state index contributed by atoms with van der Waals surface area (Å²) in [5.74, 6) is 0.666. The van der Waals surface area contributed by atoms with E-state index in [4.69, 9.17) is 0 Å². The molecule has 1 amide bonds. The van der Waals surface area contributed by atoms with Crippen molar-refractivity contribution in [2.24, 2.45) is 0 Å². The Morgan fingerprint density at radius 3 is 3.06 bits per heavy atom. The Morgan fingerprint density at radius 2 is 2.22 bits per heavy atom. The third-order valence-electron chi connectivity index (χ3n) is 2.85. The Hall–Kier alpha value is -1.75. The molecule has 0 saturated heterocycles. The van der Waals surface area contributed by atoms with E-state index in [-0.39, 0.29) is 5.91 Å². The molecule has 0 radical (unpaired) electrons. The van der Waals surface area contributed by atoms with Crippen molar-refractivity contribution in [3.63, 3.8) is 0 Å². The third-order valence-corrected chi connectivity index (χ3v) is 3.34. The molecule has 1 aliphatic heterocycles. The molecule has 1 N–H and O–H groups in total. The number of hydrogen-bond donors (Lipinski definition) is 1.